The lowest BCUT2D eigenvalue weighted by Gasteiger charge is -2.19. The molecule has 6 nitrogen and oxygen atoms in total. The SMILES string of the molecule is COC(=O)c1ccc(N(C)CC(=O)c2ccc(OC)cc2OC)cc1. The monoisotopic (exact) mass is 343 g/mol. The van der Waals surface area contributed by atoms with Crippen LogP contribution in [0.25, 0.3) is 0 Å². The molecule has 0 aliphatic rings. The first-order valence-electron chi connectivity index (χ1n) is 7.65. The quantitative estimate of drug-likeness (QED) is 0.569. The molecule has 2 aromatic rings. The van der Waals surface area contributed by atoms with Gasteiger partial charge in [0.05, 0.1) is 39.0 Å². The normalized spacial score (nSPS) is 10.1. The zero-order valence-corrected chi connectivity index (χ0v) is 14.7. The highest BCUT2D eigenvalue weighted by atomic mass is 16.5. The number of Topliss-reactive ketones (excluding diaryl/α,β-unsaturated/α-hetero) is 1. The molecule has 2 aromatic carbocycles. The van der Waals surface area contributed by atoms with Crippen LogP contribution in [-0.2, 0) is 4.74 Å². The van der Waals surface area contributed by atoms with E-state index in [9.17, 15) is 9.59 Å². The fraction of sp³-hybridized carbons (Fsp3) is 0.263. The van der Waals surface area contributed by atoms with Crippen molar-refractivity contribution in [3.8, 4) is 11.5 Å². The van der Waals surface area contributed by atoms with Crippen molar-refractivity contribution in [1.82, 2.24) is 0 Å². The Morgan fingerprint density at radius 2 is 1.64 bits per heavy atom. The van der Waals surface area contributed by atoms with Gasteiger partial charge in [-0.3, -0.25) is 4.79 Å². The maximum atomic E-state index is 12.6. The van der Waals surface area contributed by atoms with Gasteiger partial charge >= 0.3 is 5.97 Å². The van der Waals surface area contributed by atoms with Crippen molar-refractivity contribution in [2.24, 2.45) is 0 Å². The first kappa shape index (κ1) is 18.3. The van der Waals surface area contributed by atoms with Crippen molar-refractivity contribution in [2.45, 2.75) is 0 Å². The third kappa shape index (κ3) is 4.29. The van der Waals surface area contributed by atoms with Gasteiger partial charge < -0.3 is 19.1 Å². The number of rotatable bonds is 7. The minimum absolute atomic E-state index is 0.0842. The van der Waals surface area contributed by atoms with E-state index in [4.69, 9.17) is 9.47 Å². The van der Waals surface area contributed by atoms with Gasteiger partial charge in [0.2, 0.25) is 0 Å². The standard InChI is InChI=1S/C19H21NO5/c1-20(14-7-5-13(6-8-14)19(22)25-4)12-17(21)16-10-9-15(23-2)11-18(16)24-3/h5-11H,12H2,1-4H3. The molecule has 0 saturated heterocycles. The van der Waals surface area contributed by atoms with E-state index in [1.165, 1.54) is 14.2 Å². The Balaban J connectivity index is 2.13. The lowest BCUT2D eigenvalue weighted by molar-refractivity contribution is 0.0600. The molecule has 0 bridgehead atoms. The van der Waals surface area contributed by atoms with E-state index in [-0.39, 0.29) is 12.3 Å². The van der Waals surface area contributed by atoms with Crippen LogP contribution in [0.2, 0.25) is 0 Å². The number of carbonyl (C=O) groups is 2. The Labute approximate surface area is 146 Å². The molecule has 0 fully saturated rings. The smallest absolute Gasteiger partial charge is 0.337 e. The summed E-state index contributed by atoms with van der Waals surface area (Å²) in [5.74, 6) is 0.617. The third-order valence-corrected chi connectivity index (χ3v) is 3.82. The van der Waals surface area contributed by atoms with E-state index in [0.29, 0.717) is 22.6 Å². The second-order valence-electron chi connectivity index (χ2n) is 5.38. The molecule has 132 valence electrons. The second-order valence-corrected chi connectivity index (χ2v) is 5.38. The summed E-state index contributed by atoms with van der Waals surface area (Å²) in [7, 11) is 6.22. The average Bonchev–Trinajstić information content (AvgIpc) is 2.66. The largest absolute Gasteiger partial charge is 0.497 e. The molecule has 0 unspecified atom stereocenters. The van der Waals surface area contributed by atoms with Gasteiger partial charge in [0.15, 0.2) is 5.78 Å². The highest BCUT2D eigenvalue weighted by molar-refractivity contribution is 6.01. The highest BCUT2D eigenvalue weighted by Gasteiger charge is 2.16. The molecule has 6 heteroatoms. The van der Waals surface area contributed by atoms with Crippen molar-refractivity contribution >= 4 is 17.4 Å². The first-order chi connectivity index (χ1) is 12.0. The zero-order chi connectivity index (χ0) is 18.4. The first-order valence-corrected chi connectivity index (χ1v) is 7.65. The number of likely N-dealkylation sites (N-methyl/N-ethyl adjacent to an activating group) is 1. The fourth-order valence-electron chi connectivity index (χ4n) is 2.39. The molecule has 0 atom stereocenters. The van der Waals surface area contributed by atoms with E-state index in [2.05, 4.69) is 4.74 Å². The van der Waals surface area contributed by atoms with Crippen molar-refractivity contribution in [3.05, 3.63) is 53.6 Å². The number of carbonyl (C=O) groups excluding carboxylic acids is 2. The van der Waals surface area contributed by atoms with E-state index in [0.717, 1.165) is 5.69 Å². The predicted molar refractivity (Wildman–Crippen MR) is 94.9 cm³/mol. The minimum Gasteiger partial charge on any atom is -0.497 e. The fourth-order valence-corrected chi connectivity index (χ4v) is 2.39. The van der Waals surface area contributed by atoms with E-state index < -0.39 is 5.97 Å². The summed E-state index contributed by atoms with van der Waals surface area (Å²) < 4.78 is 15.1. The maximum Gasteiger partial charge on any atom is 0.337 e. The Kier molecular flexibility index (Phi) is 6.00. The van der Waals surface area contributed by atoms with Crippen molar-refractivity contribution < 1.29 is 23.8 Å². The van der Waals surface area contributed by atoms with Crippen LogP contribution in [-0.4, -0.2) is 46.7 Å². The second kappa shape index (κ2) is 8.19. The molecule has 0 aromatic heterocycles. The van der Waals surface area contributed by atoms with Crippen LogP contribution in [0.3, 0.4) is 0 Å². The van der Waals surface area contributed by atoms with Gasteiger partial charge in [-0.05, 0) is 36.4 Å². The summed E-state index contributed by atoms with van der Waals surface area (Å²) >= 11 is 0. The van der Waals surface area contributed by atoms with Crippen LogP contribution < -0.4 is 14.4 Å². The molecule has 0 radical (unpaired) electrons. The number of nitrogens with zero attached hydrogens (tertiary/aromatic N) is 1. The Morgan fingerprint density at radius 3 is 2.20 bits per heavy atom. The van der Waals surface area contributed by atoms with Gasteiger partial charge in [-0.25, -0.2) is 4.79 Å². The zero-order valence-electron chi connectivity index (χ0n) is 14.7. The molecule has 0 aliphatic heterocycles. The molecular formula is C19H21NO5. The highest BCUT2D eigenvalue weighted by Crippen LogP contribution is 2.25. The summed E-state index contributed by atoms with van der Waals surface area (Å²) in [5, 5.41) is 0. The lowest BCUT2D eigenvalue weighted by Crippen LogP contribution is -2.26. The average molecular weight is 343 g/mol. The Morgan fingerprint density at radius 1 is 0.960 bits per heavy atom. The maximum absolute atomic E-state index is 12.6. The van der Waals surface area contributed by atoms with Crippen LogP contribution in [0.5, 0.6) is 11.5 Å². The number of anilines is 1. The Hall–Kier alpha value is -3.02. The predicted octanol–water partition coefficient (Wildman–Crippen LogP) is 2.81. The molecule has 0 saturated carbocycles. The van der Waals surface area contributed by atoms with Crippen LogP contribution in [0.1, 0.15) is 20.7 Å². The van der Waals surface area contributed by atoms with Gasteiger partial charge in [-0.2, -0.15) is 0 Å². The summed E-state index contributed by atoms with van der Waals surface area (Å²) in [6, 6.07) is 12.0. The number of ether oxygens (including phenoxy) is 3. The van der Waals surface area contributed by atoms with Gasteiger partial charge in [0.1, 0.15) is 11.5 Å². The summed E-state index contributed by atoms with van der Waals surface area (Å²) in [6.45, 7) is 0.167. The number of benzene rings is 2. The lowest BCUT2D eigenvalue weighted by atomic mass is 10.1. The van der Waals surface area contributed by atoms with E-state index in [1.54, 1.807) is 61.5 Å². The van der Waals surface area contributed by atoms with Crippen LogP contribution in [0, 0.1) is 0 Å². The molecular weight excluding hydrogens is 322 g/mol. The molecule has 0 amide bonds. The van der Waals surface area contributed by atoms with Gasteiger partial charge in [-0.1, -0.05) is 0 Å². The molecule has 0 heterocycles. The molecule has 25 heavy (non-hydrogen) atoms. The van der Waals surface area contributed by atoms with Crippen molar-refractivity contribution in [1.29, 1.82) is 0 Å². The number of ketones is 1. The molecule has 2 rings (SSSR count). The molecule has 0 spiro atoms. The van der Waals surface area contributed by atoms with E-state index >= 15 is 0 Å². The van der Waals surface area contributed by atoms with Crippen LogP contribution >= 0.6 is 0 Å². The van der Waals surface area contributed by atoms with Gasteiger partial charge in [-0.15, -0.1) is 0 Å². The minimum atomic E-state index is -0.395. The summed E-state index contributed by atoms with van der Waals surface area (Å²) in [6.07, 6.45) is 0. The molecule has 0 aliphatic carbocycles. The number of methoxy groups -OCH3 is 3. The van der Waals surface area contributed by atoms with Gasteiger partial charge in [0.25, 0.3) is 0 Å². The number of hydrogen-bond donors (Lipinski definition) is 0. The third-order valence-electron chi connectivity index (χ3n) is 3.82. The van der Waals surface area contributed by atoms with Gasteiger partial charge in [0, 0.05) is 18.8 Å². The van der Waals surface area contributed by atoms with Crippen LogP contribution in [0.4, 0.5) is 5.69 Å². The molecule has 0 N–H and O–H groups in total. The van der Waals surface area contributed by atoms with Crippen molar-refractivity contribution in [2.75, 3.05) is 39.8 Å². The van der Waals surface area contributed by atoms with Crippen molar-refractivity contribution in [3.63, 3.8) is 0 Å². The summed E-state index contributed by atoms with van der Waals surface area (Å²) in [4.78, 5) is 25.9. The van der Waals surface area contributed by atoms with Crippen LogP contribution in [0.15, 0.2) is 42.5 Å². The van der Waals surface area contributed by atoms with E-state index in [1.807, 2.05) is 0 Å². The Bertz CT molecular complexity index is 755. The topological polar surface area (TPSA) is 65.1 Å². The number of hydrogen-bond acceptors (Lipinski definition) is 6. The number of esters is 1. The summed E-state index contributed by atoms with van der Waals surface area (Å²) in [5.41, 5.74) is 1.76.